The van der Waals surface area contributed by atoms with E-state index in [-0.39, 0.29) is 12.6 Å². The van der Waals surface area contributed by atoms with Crippen molar-refractivity contribution in [1.82, 2.24) is 15.6 Å². The van der Waals surface area contributed by atoms with Crippen LogP contribution in [-0.2, 0) is 11.2 Å². The van der Waals surface area contributed by atoms with Crippen molar-refractivity contribution in [3.05, 3.63) is 87.7 Å². The van der Waals surface area contributed by atoms with Crippen LogP contribution in [0.15, 0.2) is 60.9 Å². The standard InChI is InChI=1S/C25H25Cl2N3O4S/c1-32-18-8-9-22(33-2)17(13-18)14-21(19-6-3-7-20(26)23(19)27)30-25(35)29-11-12-34-24(31)16-5-4-10-28-15-16/h3-10,13,15,21H,11-12,14H2,1-2H3,(H2,29,30,35). The summed E-state index contributed by atoms with van der Waals surface area (Å²) in [5.74, 6) is 0.956. The van der Waals surface area contributed by atoms with Gasteiger partial charge in [0.15, 0.2) is 5.11 Å². The molecular weight excluding hydrogens is 509 g/mol. The van der Waals surface area contributed by atoms with Crippen LogP contribution in [-0.4, -0.2) is 43.4 Å². The van der Waals surface area contributed by atoms with E-state index in [1.165, 1.54) is 6.20 Å². The molecule has 184 valence electrons. The summed E-state index contributed by atoms with van der Waals surface area (Å²) in [5, 5.41) is 7.58. The van der Waals surface area contributed by atoms with Crippen molar-refractivity contribution < 1.29 is 19.0 Å². The number of nitrogens with one attached hydrogen (secondary N) is 2. The van der Waals surface area contributed by atoms with Gasteiger partial charge in [0.1, 0.15) is 18.1 Å². The van der Waals surface area contributed by atoms with Gasteiger partial charge in [-0.25, -0.2) is 4.79 Å². The number of aromatic nitrogens is 1. The van der Waals surface area contributed by atoms with E-state index in [9.17, 15) is 4.79 Å². The van der Waals surface area contributed by atoms with E-state index in [1.807, 2.05) is 30.3 Å². The molecule has 3 aromatic rings. The van der Waals surface area contributed by atoms with Crippen molar-refractivity contribution in [3.63, 3.8) is 0 Å². The van der Waals surface area contributed by atoms with E-state index in [2.05, 4.69) is 15.6 Å². The first-order valence-corrected chi connectivity index (χ1v) is 11.9. The smallest absolute Gasteiger partial charge is 0.339 e. The number of halogens is 2. The topological polar surface area (TPSA) is 81.7 Å². The molecule has 0 bridgehead atoms. The highest BCUT2D eigenvalue weighted by molar-refractivity contribution is 7.80. The van der Waals surface area contributed by atoms with Gasteiger partial charge in [-0.15, -0.1) is 0 Å². The number of carbonyl (C=O) groups is 1. The third kappa shape index (κ3) is 7.45. The Hall–Kier alpha value is -3.07. The van der Waals surface area contributed by atoms with Crippen LogP contribution >= 0.6 is 35.4 Å². The number of hydrogen-bond donors (Lipinski definition) is 2. The summed E-state index contributed by atoms with van der Waals surface area (Å²) in [6, 6.07) is 14.0. The van der Waals surface area contributed by atoms with E-state index in [4.69, 9.17) is 49.6 Å². The van der Waals surface area contributed by atoms with Crippen molar-refractivity contribution in [1.29, 1.82) is 0 Å². The molecule has 0 aliphatic carbocycles. The first-order chi connectivity index (χ1) is 16.9. The lowest BCUT2D eigenvalue weighted by Crippen LogP contribution is -2.40. The fraction of sp³-hybridized carbons (Fsp3) is 0.240. The molecule has 1 aromatic heterocycles. The molecule has 0 saturated carbocycles. The molecule has 35 heavy (non-hydrogen) atoms. The monoisotopic (exact) mass is 533 g/mol. The number of thiocarbonyl (C=S) groups is 1. The fourth-order valence-corrected chi connectivity index (χ4v) is 4.06. The molecule has 1 unspecified atom stereocenters. The molecular formula is C25H25Cl2N3O4S. The van der Waals surface area contributed by atoms with Gasteiger partial charge in [-0.2, -0.15) is 0 Å². The Morgan fingerprint density at radius 3 is 2.66 bits per heavy atom. The Labute approximate surface area is 219 Å². The predicted octanol–water partition coefficient (Wildman–Crippen LogP) is 5.01. The van der Waals surface area contributed by atoms with Gasteiger partial charge in [-0.3, -0.25) is 4.98 Å². The Balaban J connectivity index is 1.68. The quantitative estimate of drug-likeness (QED) is 0.214. The summed E-state index contributed by atoms with van der Waals surface area (Å²) in [5.41, 5.74) is 2.06. The van der Waals surface area contributed by atoms with Gasteiger partial charge in [0.25, 0.3) is 0 Å². The second kappa shape index (κ2) is 13.1. The normalized spacial score (nSPS) is 11.3. The van der Waals surface area contributed by atoms with Crippen molar-refractivity contribution in [2.75, 3.05) is 27.4 Å². The highest BCUT2D eigenvalue weighted by Crippen LogP contribution is 2.34. The zero-order valence-electron chi connectivity index (χ0n) is 19.2. The summed E-state index contributed by atoms with van der Waals surface area (Å²) in [7, 11) is 3.22. The van der Waals surface area contributed by atoms with Crippen LogP contribution in [0.2, 0.25) is 10.0 Å². The van der Waals surface area contributed by atoms with Gasteiger partial charge in [0, 0.05) is 24.4 Å². The lowest BCUT2D eigenvalue weighted by molar-refractivity contribution is 0.0512. The van der Waals surface area contributed by atoms with E-state index >= 15 is 0 Å². The van der Waals surface area contributed by atoms with Crippen molar-refractivity contribution in [3.8, 4) is 11.5 Å². The molecule has 0 spiro atoms. The van der Waals surface area contributed by atoms with Crippen molar-refractivity contribution >= 4 is 46.5 Å². The number of methoxy groups -OCH3 is 2. The second-order valence-corrected chi connectivity index (χ2v) is 8.55. The van der Waals surface area contributed by atoms with Crippen LogP contribution in [0.1, 0.15) is 27.5 Å². The molecule has 3 rings (SSSR count). The maximum Gasteiger partial charge on any atom is 0.339 e. The van der Waals surface area contributed by atoms with E-state index in [1.54, 1.807) is 38.6 Å². The maximum atomic E-state index is 12.0. The van der Waals surface area contributed by atoms with Gasteiger partial charge in [-0.1, -0.05) is 35.3 Å². The minimum Gasteiger partial charge on any atom is -0.497 e. The van der Waals surface area contributed by atoms with Crippen LogP contribution < -0.4 is 20.1 Å². The van der Waals surface area contributed by atoms with Crippen LogP contribution in [0, 0.1) is 0 Å². The molecule has 0 aliphatic heterocycles. The Bertz CT molecular complexity index is 1160. The average Bonchev–Trinajstić information content (AvgIpc) is 2.88. The molecule has 10 heteroatoms. The molecule has 1 atom stereocenters. The Morgan fingerprint density at radius 1 is 1.11 bits per heavy atom. The zero-order valence-corrected chi connectivity index (χ0v) is 21.5. The molecule has 0 amide bonds. The minimum atomic E-state index is -0.451. The first kappa shape index (κ1) is 26.5. The van der Waals surface area contributed by atoms with Gasteiger partial charge in [0.05, 0.1) is 42.4 Å². The van der Waals surface area contributed by atoms with Crippen LogP contribution in [0.25, 0.3) is 0 Å². The summed E-state index contributed by atoms with van der Waals surface area (Å²) in [4.78, 5) is 16.0. The maximum absolute atomic E-state index is 12.0. The number of benzene rings is 2. The number of rotatable bonds is 10. The van der Waals surface area contributed by atoms with E-state index < -0.39 is 5.97 Å². The van der Waals surface area contributed by atoms with E-state index in [0.717, 1.165) is 11.1 Å². The highest BCUT2D eigenvalue weighted by atomic mass is 35.5. The lowest BCUT2D eigenvalue weighted by atomic mass is 9.98. The molecule has 0 radical (unpaired) electrons. The largest absolute Gasteiger partial charge is 0.497 e. The SMILES string of the molecule is COc1ccc(OC)c(CC(NC(=S)NCCOC(=O)c2cccnc2)c2cccc(Cl)c2Cl)c1. The number of nitrogens with zero attached hydrogens (tertiary/aromatic N) is 1. The molecule has 0 saturated heterocycles. The fourth-order valence-electron chi connectivity index (χ4n) is 3.37. The second-order valence-electron chi connectivity index (χ2n) is 7.36. The summed E-state index contributed by atoms with van der Waals surface area (Å²) >= 11 is 18.3. The van der Waals surface area contributed by atoms with Crippen molar-refractivity contribution in [2.24, 2.45) is 0 Å². The minimum absolute atomic E-state index is 0.127. The van der Waals surface area contributed by atoms with Crippen LogP contribution in [0.4, 0.5) is 0 Å². The molecule has 2 aromatic carbocycles. The zero-order chi connectivity index (χ0) is 25.2. The number of esters is 1. The van der Waals surface area contributed by atoms with Gasteiger partial charge >= 0.3 is 5.97 Å². The molecule has 2 N–H and O–H groups in total. The molecule has 0 aliphatic rings. The molecule has 0 fully saturated rings. The summed E-state index contributed by atoms with van der Waals surface area (Å²) < 4.78 is 16.2. The summed E-state index contributed by atoms with van der Waals surface area (Å²) in [6.45, 7) is 0.443. The third-order valence-electron chi connectivity index (χ3n) is 5.09. The lowest BCUT2D eigenvalue weighted by Gasteiger charge is -2.24. The first-order valence-electron chi connectivity index (χ1n) is 10.7. The van der Waals surface area contributed by atoms with Crippen LogP contribution in [0.3, 0.4) is 0 Å². The van der Waals surface area contributed by atoms with Gasteiger partial charge < -0.3 is 24.8 Å². The number of hydrogen-bond acceptors (Lipinski definition) is 6. The molecule has 1 heterocycles. The van der Waals surface area contributed by atoms with Gasteiger partial charge in [-0.05, 0) is 54.2 Å². The average molecular weight is 534 g/mol. The predicted molar refractivity (Wildman–Crippen MR) is 141 cm³/mol. The third-order valence-corrected chi connectivity index (χ3v) is 6.19. The summed E-state index contributed by atoms with van der Waals surface area (Å²) in [6.07, 6.45) is 3.53. The van der Waals surface area contributed by atoms with Crippen LogP contribution in [0.5, 0.6) is 11.5 Å². The van der Waals surface area contributed by atoms with Gasteiger partial charge in [0.2, 0.25) is 0 Å². The number of carbonyl (C=O) groups excluding carboxylic acids is 1. The number of pyridine rings is 1. The highest BCUT2D eigenvalue weighted by Gasteiger charge is 2.20. The van der Waals surface area contributed by atoms with E-state index in [0.29, 0.717) is 45.2 Å². The Morgan fingerprint density at radius 2 is 1.94 bits per heavy atom. The van der Waals surface area contributed by atoms with Crippen molar-refractivity contribution in [2.45, 2.75) is 12.5 Å². The molecule has 7 nitrogen and oxygen atoms in total. The Kier molecular flexibility index (Phi) is 9.96. The number of ether oxygens (including phenoxy) is 3.